The van der Waals surface area contributed by atoms with Crippen LogP contribution in [0.1, 0.15) is 23.6 Å². The molecular formula is C24H21BrN2O3. The molecule has 0 unspecified atom stereocenters. The first-order chi connectivity index (χ1) is 14.6. The van der Waals surface area contributed by atoms with E-state index >= 15 is 0 Å². The van der Waals surface area contributed by atoms with E-state index in [9.17, 15) is 9.90 Å². The zero-order valence-corrected chi connectivity index (χ0v) is 17.9. The van der Waals surface area contributed by atoms with E-state index in [1.807, 2.05) is 36.4 Å². The van der Waals surface area contributed by atoms with Gasteiger partial charge >= 0.3 is 0 Å². The van der Waals surface area contributed by atoms with Crippen LogP contribution < -0.4 is 5.56 Å². The summed E-state index contributed by atoms with van der Waals surface area (Å²) in [6.45, 7) is 0.763. The number of hydrogen-bond acceptors (Lipinski definition) is 4. The van der Waals surface area contributed by atoms with Gasteiger partial charge < -0.3 is 9.84 Å². The van der Waals surface area contributed by atoms with Crippen molar-refractivity contribution in [3.8, 4) is 0 Å². The van der Waals surface area contributed by atoms with Gasteiger partial charge in [0.2, 0.25) is 0 Å². The van der Waals surface area contributed by atoms with Gasteiger partial charge in [-0.1, -0.05) is 52.3 Å². The van der Waals surface area contributed by atoms with Crippen molar-refractivity contribution in [1.82, 2.24) is 9.55 Å². The third-order valence-electron chi connectivity index (χ3n) is 5.81. The minimum atomic E-state index is -0.711. The maximum atomic E-state index is 13.4. The molecule has 1 aliphatic rings. The van der Waals surface area contributed by atoms with Crippen molar-refractivity contribution in [3.63, 3.8) is 0 Å². The van der Waals surface area contributed by atoms with Gasteiger partial charge in [-0.25, -0.2) is 4.98 Å². The zero-order chi connectivity index (χ0) is 20.7. The molecule has 0 spiro atoms. The van der Waals surface area contributed by atoms with Crippen LogP contribution in [0, 0.1) is 0 Å². The lowest BCUT2D eigenvalue weighted by Gasteiger charge is -2.29. The van der Waals surface area contributed by atoms with Gasteiger partial charge in [0.05, 0.1) is 36.0 Å². The fourth-order valence-corrected chi connectivity index (χ4v) is 4.78. The highest BCUT2D eigenvalue weighted by Crippen LogP contribution is 2.29. The average Bonchev–Trinajstić information content (AvgIpc) is 2.75. The van der Waals surface area contributed by atoms with Crippen LogP contribution >= 0.6 is 15.9 Å². The molecule has 1 aliphatic heterocycles. The Balaban J connectivity index is 1.71. The zero-order valence-electron chi connectivity index (χ0n) is 16.3. The van der Waals surface area contributed by atoms with E-state index in [0.29, 0.717) is 30.4 Å². The molecule has 0 aliphatic carbocycles. The van der Waals surface area contributed by atoms with E-state index in [2.05, 4.69) is 39.1 Å². The average molecular weight is 465 g/mol. The molecule has 1 N–H and O–H groups in total. The Morgan fingerprint density at radius 1 is 1.10 bits per heavy atom. The number of benzene rings is 3. The van der Waals surface area contributed by atoms with E-state index in [1.165, 1.54) is 0 Å². The summed E-state index contributed by atoms with van der Waals surface area (Å²) in [6.07, 6.45) is 2.17. The summed E-state index contributed by atoms with van der Waals surface area (Å²) in [6, 6.07) is 17.9. The first-order valence-electron chi connectivity index (χ1n) is 10.0. The molecule has 5 rings (SSSR count). The molecule has 0 saturated carbocycles. The van der Waals surface area contributed by atoms with E-state index in [1.54, 1.807) is 10.9 Å². The summed E-state index contributed by atoms with van der Waals surface area (Å²) in [5.41, 5.74) is 2.83. The Labute approximate surface area is 182 Å². The maximum Gasteiger partial charge on any atom is 0.261 e. The van der Waals surface area contributed by atoms with Crippen LogP contribution in [0.4, 0.5) is 0 Å². The van der Waals surface area contributed by atoms with E-state index < -0.39 is 6.10 Å². The number of aliphatic hydroxyl groups excluding tert-OH is 1. The number of aliphatic hydroxyl groups is 1. The summed E-state index contributed by atoms with van der Waals surface area (Å²) in [5, 5.41) is 13.0. The lowest BCUT2D eigenvalue weighted by Crippen LogP contribution is -2.39. The number of fused-ring (bicyclic) bond motifs is 3. The predicted octanol–water partition coefficient (Wildman–Crippen LogP) is 4.23. The monoisotopic (exact) mass is 464 g/mol. The Kier molecular flexibility index (Phi) is 5.15. The molecule has 1 saturated heterocycles. The van der Waals surface area contributed by atoms with Crippen molar-refractivity contribution in [2.24, 2.45) is 0 Å². The topological polar surface area (TPSA) is 64.4 Å². The van der Waals surface area contributed by atoms with Gasteiger partial charge in [0.1, 0.15) is 0 Å². The first-order valence-corrected chi connectivity index (χ1v) is 10.8. The molecule has 152 valence electrons. The molecule has 2 heterocycles. The normalized spacial score (nSPS) is 19.4. The summed E-state index contributed by atoms with van der Waals surface area (Å²) < 4.78 is 7.93. The Bertz CT molecular complexity index is 1300. The molecule has 5 nitrogen and oxygen atoms in total. The van der Waals surface area contributed by atoms with Crippen LogP contribution in [-0.2, 0) is 11.2 Å². The fraction of sp³-hybridized carbons (Fsp3) is 0.250. The second kappa shape index (κ2) is 7.95. The molecular weight excluding hydrogens is 444 g/mol. The van der Waals surface area contributed by atoms with E-state index in [-0.39, 0.29) is 18.2 Å². The first kappa shape index (κ1) is 19.4. The molecule has 1 aromatic heterocycles. The lowest BCUT2D eigenvalue weighted by molar-refractivity contribution is -0.0395. The third-order valence-corrected chi connectivity index (χ3v) is 6.30. The summed E-state index contributed by atoms with van der Waals surface area (Å²) in [7, 11) is 0. The van der Waals surface area contributed by atoms with Crippen LogP contribution in [0.5, 0.6) is 0 Å². The highest BCUT2D eigenvalue weighted by molar-refractivity contribution is 9.10. The number of hydrogen-bond donors (Lipinski definition) is 1. The van der Waals surface area contributed by atoms with Gasteiger partial charge in [0, 0.05) is 16.5 Å². The largest absolute Gasteiger partial charge is 0.389 e. The SMILES string of the molecule is O=c1c2cc(Cc3cccc(Br)c3)c3ccccc3c2ncn1[C@H]1CCOC[C@@H]1O. The number of rotatable bonds is 3. The van der Waals surface area contributed by atoms with Crippen molar-refractivity contribution >= 4 is 37.6 Å². The number of nitrogens with zero attached hydrogens (tertiary/aromatic N) is 2. The maximum absolute atomic E-state index is 13.4. The van der Waals surface area contributed by atoms with E-state index in [0.717, 1.165) is 26.4 Å². The fourth-order valence-electron chi connectivity index (χ4n) is 4.33. The summed E-state index contributed by atoms with van der Waals surface area (Å²) in [4.78, 5) is 18.1. The standard InChI is InChI=1S/C24H21BrN2O3/c25-17-5-3-4-15(11-17)10-16-12-20-23(19-7-2-1-6-18(16)19)26-14-27(24(20)29)21-8-9-30-13-22(21)28/h1-7,11-12,14,21-22,28H,8-10,13H2/t21-,22-/m0/s1. The quantitative estimate of drug-likeness (QED) is 0.460. The number of halogens is 1. The van der Waals surface area contributed by atoms with Gasteiger partial charge in [0.25, 0.3) is 5.56 Å². The van der Waals surface area contributed by atoms with Crippen LogP contribution in [0.15, 0.2) is 70.2 Å². The molecule has 30 heavy (non-hydrogen) atoms. The minimum absolute atomic E-state index is 0.118. The van der Waals surface area contributed by atoms with Crippen molar-refractivity contribution in [2.45, 2.75) is 25.0 Å². The molecule has 6 heteroatoms. The van der Waals surface area contributed by atoms with Crippen LogP contribution in [0.2, 0.25) is 0 Å². The predicted molar refractivity (Wildman–Crippen MR) is 121 cm³/mol. The molecule has 3 aromatic carbocycles. The van der Waals surface area contributed by atoms with Gasteiger partial charge in [0.15, 0.2) is 0 Å². The van der Waals surface area contributed by atoms with E-state index in [4.69, 9.17) is 4.74 Å². The number of ether oxygens (including phenoxy) is 1. The Morgan fingerprint density at radius 3 is 2.73 bits per heavy atom. The van der Waals surface area contributed by atoms with Gasteiger partial charge in [-0.15, -0.1) is 0 Å². The van der Waals surface area contributed by atoms with Crippen molar-refractivity contribution < 1.29 is 9.84 Å². The highest BCUT2D eigenvalue weighted by atomic mass is 79.9. The second-order valence-corrected chi connectivity index (χ2v) is 8.66. The van der Waals surface area contributed by atoms with Gasteiger partial charge in [-0.05, 0) is 47.6 Å². The Morgan fingerprint density at radius 2 is 1.93 bits per heavy atom. The molecule has 0 amide bonds. The third kappa shape index (κ3) is 3.45. The van der Waals surface area contributed by atoms with Gasteiger partial charge in [-0.2, -0.15) is 0 Å². The van der Waals surface area contributed by atoms with Gasteiger partial charge in [-0.3, -0.25) is 9.36 Å². The smallest absolute Gasteiger partial charge is 0.261 e. The van der Waals surface area contributed by atoms with Crippen molar-refractivity contribution in [2.75, 3.05) is 13.2 Å². The number of aromatic nitrogens is 2. The molecule has 0 radical (unpaired) electrons. The highest BCUT2D eigenvalue weighted by Gasteiger charge is 2.27. The Hall–Kier alpha value is -2.54. The molecule has 2 atom stereocenters. The molecule has 1 fully saturated rings. The van der Waals surface area contributed by atoms with Crippen LogP contribution in [0.3, 0.4) is 0 Å². The molecule has 0 bridgehead atoms. The van der Waals surface area contributed by atoms with Crippen molar-refractivity contribution in [1.29, 1.82) is 0 Å². The summed E-state index contributed by atoms with van der Waals surface area (Å²) >= 11 is 3.54. The van der Waals surface area contributed by atoms with Crippen molar-refractivity contribution in [3.05, 3.63) is 86.9 Å². The molecule has 4 aromatic rings. The summed E-state index contributed by atoms with van der Waals surface area (Å²) in [5.74, 6) is 0. The second-order valence-electron chi connectivity index (χ2n) is 7.74. The lowest BCUT2D eigenvalue weighted by atomic mass is 9.96. The van der Waals surface area contributed by atoms with Crippen LogP contribution in [-0.4, -0.2) is 34.0 Å². The minimum Gasteiger partial charge on any atom is -0.389 e. The van der Waals surface area contributed by atoms with Crippen LogP contribution in [0.25, 0.3) is 21.7 Å².